The van der Waals surface area contributed by atoms with Gasteiger partial charge in [0.2, 0.25) is 0 Å². The van der Waals surface area contributed by atoms with Gasteiger partial charge in [0.1, 0.15) is 0 Å². The Balaban J connectivity index is 1.62. The van der Waals surface area contributed by atoms with Gasteiger partial charge in [0.15, 0.2) is 0 Å². The summed E-state index contributed by atoms with van der Waals surface area (Å²) in [6, 6.07) is 14.8. The molecule has 0 radical (unpaired) electrons. The second kappa shape index (κ2) is 9.79. The van der Waals surface area contributed by atoms with Crippen LogP contribution < -0.4 is 10.2 Å². The first-order valence-corrected chi connectivity index (χ1v) is 10.5. The Morgan fingerprint density at radius 2 is 1.76 bits per heavy atom. The van der Waals surface area contributed by atoms with E-state index in [4.69, 9.17) is 11.6 Å². The summed E-state index contributed by atoms with van der Waals surface area (Å²) in [5.74, 6) is 0.477. The summed E-state index contributed by atoms with van der Waals surface area (Å²) in [6.07, 6.45) is 1.85. The number of hydrogen-bond acceptors (Lipinski definition) is 2. The van der Waals surface area contributed by atoms with Gasteiger partial charge in [-0.2, -0.15) is 0 Å². The number of nitrogens with zero attached hydrogens (tertiary/aromatic N) is 2. The van der Waals surface area contributed by atoms with Crippen molar-refractivity contribution >= 4 is 29.2 Å². The summed E-state index contributed by atoms with van der Waals surface area (Å²) in [5.41, 5.74) is 2.48. The van der Waals surface area contributed by atoms with Crippen LogP contribution in [0.25, 0.3) is 0 Å². The average molecular weight is 414 g/mol. The van der Waals surface area contributed by atoms with Gasteiger partial charge in [0.05, 0.1) is 0 Å². The number of amides is 3. The van der Waals surface area contributed by atoms with Gasteiger partial charge in [-0.25, -0.2) is 4.79 Å². The van der Waals surface area contributed by atoms with Gasteiger partial charge in [0.25, 0.3) is 5.91 Å². The van der Waals surface area contributed by atoms with Crippen LogP contribution in [-0.4, -0.2) is 36.5 Å². The number of nitrogens with one attached hydrogen (secondary N) is 1. The van der Waals surface area contributed by atoms with Crippen LogP contribution in [0.2, 0.25) is 5.02 Å². The molecular formula is C23H28ClN3O2. The highest BCUT2D eigenvalue weighted by Crippen LogP contribution is 2.22. The van der Waals surface area contributed by atoms with Crippen LogP contribution in [0.4, 0.5) is 10.5 Å². The quantitative estimate of drug-likeness (QED) is 0.698. The highest BCUT2D eigenvalue weighted by molar-refractivity contribution is 6.30. The molecular weight excluding hydrogens is 386 g/mol. The molecule has 1 saturated heterocycles. The Labute approximate surface area is 177 Å². The van der Waals surface area contributed by atoms with Gasteiger partial charge in [-0.05, 0) is 60.7 Å². The standard InChI is InChI=1S/C23H28ClN3O2/c1-17(2)12-13-25-22(28)19-6-10-21(11-7-19)27-15-3-14-26(23(27)29)16-18-4-8-20(24)9-5-18/h4-11,17H,3,12-16H2,1-2H3,(H,25,28). The largest absolute Gasteiger partial charge is 0.352 e. The second-order valence-electron chi connectivity index (χ2n) is 7.82. The molecule has 6 heteroatoms. The van der Waals surface area contributed by atoms with Gasteiger partial charge in [0, 0.05) is 42.5 Å². The molecule has 0 saturated carbocycles. The van der Waals surface area contributed by atoms with Gasteiger partial charge in [-0.15, -0.1) is 0 Å². The molecule has 1 aliphatic rings. The highest BCUT2D eigenvalue weighted by Gasteiger charge is 2.26. The average Bonchev–Trinajstić information content (AvgIpc) is 2.71. The van der Waals surface area contributed by atoms with Crippen LogP contribution in [-0.2, 0) is 6.54 Å². The first kappa shape index (κ1) is 21.2. The number of rotatable bonds is 7. The summed E-state index contributed by atoms with van der Waals surface area (Å²) in [5, 5.41) is 3.63. The van der Waals surface area contributed by atoms with Crippen LogP contribution in [0.3, 0.4) is 0 Å². The van der Waals surface area contributed by atoms with Crippen LogP contribution >= 0.6 is 11.6 Å². The first-order chi connectivity index (χ1) is 13.9. The minimum Gasteiger partial charge on any atom is -0.352 e. The van der Waals surface area contributed by atoms with E-state index in [2.05, 4.69) is 19.2 Å². The van der Waals surface area contributed by atoms with E-state index >= 15 is 0 Å². The molecule has 3 rings (SSSR count). The maximum absolute atomic E-state index is 13.0. The second-order valence-corrected chi connectivity index (χ2v) is 8.26. The predicted octanol–water partition coefficient (Wildman–Crippen LogP) is 4.95. The summed E-state index contributed by atoms with van der Waals surface area (Å²) < 4.78 is 0. The molecule has 0 unspecified atom stereocenters. The Morgan fingerprint density at radius 1 is 1.07 bits per heavy atom. The van der Waals surface area contributed by atoms with Crippen LogP contribution in [0.1, 0.15) is 42.6 Å². The number of anilines is 1. The monoisotopic (exact) mass is 413 g/mol. The molecule has 0 atom stereocenters. The molecule has 2 aromatic carbocycles. The van der Waals surface area contributed by atoms with Crippen LogP contribution in [0.15, 0.2) is 48.5 Å². The van der Waals surface area contributed by atoms with Crippen molar-refractivity contribution in [3.8, 4) is 0 Å². The third-order valence-corrected chi connectivity index (χ3v) is 5.30. The number of benzene rings is 2. The zero-order chi connectivity index (χ0) is 20.8. The van der Waals surface area contributed by atoms with Gasteiger partial charge in [-0.1, -0.05) is 37.6 Å². The van der Waals surface area contributed by atoms with Crippen LogP contribution in [0.5, 0.6) is 0 Å². The van der Waals surface area contributed by atoms with E-state index in [1.807, 2.05) is 41.3 Å². The topological polar surface area (TPSA) is 52.7 Å². The zero-order valence-electron chi connectivity index (χ0n) is 17.0. The van der Waals surface area contributed by atoms with Crippen molar-refractivity contribution in [3.63, 3.8) is 0 Å². The fourth-order valence-electron chi connectivity index (χ4n) is 3.35. The van der Waals surface area contributed by atoms with Crippen molar-refractivity contribution in [2.24, 2.45) is 5.92 Å². The maximum Gasteiger partial charge on any atom is 0.324 e. The fraction of sp³-hybridized carbons (Fsp3) is 0.391. The molecule has 1 fully saturated rings. The fourth-order valence-corrected chi connectivity index (χ4v) is 3.47. The van der Waals surface area contributed by atoms with Crippen molar-refractivity contribution in [3.05, 3.63) is 64.7 Å². The molecule has 0 aliphatic carbocycles. The lowest BCUT2D eigenvalue weighted by Gasteiger charge is -2.35. The van der Waals surface area contributed by atoms with Gasteiger partial charge >= 0.3 is 6.03 Å². The van der Waals surface area contributed by atoms with E-state index in [9.17, 15) is 9.59 Å². The van der Waals surface area contributed by atoms with E-state index in [1.165, 1.54) is 0 Å². The smallest absolute Gasteiger partial charge is 0.324 e. The van der Waals surface area contributed by atoms with Crippen molar-refractivity contribution in [2.45, 2.75) is 33.2 Å². The van der Waals surface area contributed by atoms with Crippen LogP contribution in [0, 0.1) is 5.92 Å². The zero-order valence-corrected chi connectivity index (χ0v) is 17.8. The maximum atomic E-state index is 13.0. The molecule has 29 heavy (non-hydrogen) atoms. The third-order valence-electron chi connectivity index (χ3n) is 5.05. The third kappa shape index (κ3) is 5.73. The number of hydrogen-bond donors (Lipinski definition) is 1. The molecule has 1 aliphatic heterocycles. The first-order valence-electron chi connectivity index (χ1n) is 10.1. The molecule has 1 N–H and O–H groups in total. The van der Waals surface area contributed by atoms with Crippen molar-refractivity contribution in [2.75, 3.05) is 24.5 Å². The van der Waals surface area contributed by atoms with Gasteiger partial charge < -0.3 is 10.2 Å². The van der Waals surface area contributed by atoms with E-state index in [0.29, 0.717) is 36.1 Å². The van der Waals surface area contributed by atoms with E-state index in [0.717, 1.165) is 30.6 Å². The lowest BCUT2D eigenvalue weighted by Crippen LogP contribution is -2.49. The van der Waals surface area contributed by atoms with E-state index in [1.54, 1.807) is 17.0 Å². The lowest BCUT2D eigenvalue weighted by atomic mass is 10.1. The van der Waals surface area contributed by atoms with Crippen molar-refractivity contribution < 1.29 is 9.59 Å². The van der Waals surface area contributed by atoms with Gasteiger partial charge in [-0.3, -0.25) is 9.69 Å². The molecule has 0 spiro atoms. The summed E-state index contributed by atoms with van der Waals surface area (Å²) in [6.45, 7) is 6.90. The number of carbonyl (C=O) groups excluding carboxylic acids is 2. The van der Waals surface area contributed by atoms with E-state index in [-0.39, 0.29) is 11.9 Å². The Hall–Kier alpha value is -2.53. The summed E-state index contributed by atoms with van der Waals surface area (Å²) in [7, 11) is 0. The normalized spacial score (nSPS) is 14.4. The molecule has 1 heterocycles. The SMILES string of the molecule is CC(C)CCNC(=O)c1ccc(N2CCCN(Cc3ccc(Cl)cc3)C2=O)cc1. The van der Waals surface area contributed by atoms with E-state index < -0.39 is 0 Å². The minimum absolute atomic E-state index is 0.0136. The Morgan fingerprint density at radius 3 is 2.41 bits per heavy atom. The number of halogens is 1. The minimum atomic E-state index is -0.0773. The number of carbonyl (C=O) groups is 2. The molecule has 154 valence electrons. The molecule has 0 bridgehead atoms. The lowest BCUT2D eigenvalue weighted by molar-refractivity contribution is 0.0952. The molecule has 2 aromatic rings. The molecule has 5 nitrogen and oxygen atoms in total. The summed E-state index contributed by atoms with van der Waals surface area (Å²) in [4.78, 5) is 28.8. The Bertz CT molecular complexity index is 834. The Kier molecular flexibility index (Phi) is 7.15. The predicted molar refractivity (Wildman–Crippen MR) is 117 cm³/mol. The highest BCUT2D eigenvalue weighted by atomic mass is 35.5. The number of urea groups is 1. The molecule has 3 amide bonds. The summed E-state index contributed by atoms with van der Waals surface area (Å²) >= 11 is 5.95. The van der Waals surface area contributed by atoms with Crippen molar-refractivity contribution in [1.29, 1.82) is 0 Å². The molecule has 0 aromatic heterocycles. The van der Waals surface area contributed by atoms with Crippen molar-refractivity contribution in [1.82, 2.24) is 10.2 Å².